The molecular formula is C13H16N4O. The van der Waals surface area contributed by atoms with Crippen LogP contribution in [-0.2, 0) is 19.9 Å². The van der Waals surface area contributed by atoms with Crippen molar-refractivity contribution in [2.45, 2.75) is 32.6 Å². The van der Waals surface area contributed by atoms with E-state index in [0.29, 0.717) is 5.56 Å². The molecule has 0 atom stereocenters. The highest BCUT2D eigenvalue weighted by molar-refractivity contribution is 5.81. The molecule has 94 valence electrons. The third-order valence-electron chi connectivity index (χ3n) is 3.61. The largest absolute Gasteiger partial charge is 0.298 e. The van der Waals surface area contributed by atoms with E-state index in [9.17, 15) is 4.79 Å². The normalized spacial score (nSPS) is 14.6. The lowest BCUT2D eigenvalue weighted by atomic mass is 10.0. The summed E-state index contributed by atoms with van der Waals surface area (Å²) in [5.41, 5.74) is 3.81. The predicted molar refractivity (Wildman–Crippen MR) is 67.1 cm³/mol. The van der Waals surface area contributed by atoms with Gasteiger partial charge in [-0.05, 0) is 32.6 Å². The number of aryl methyl sites for hydroxylation is 3. The average Bonchev–Trinajstić information content (AvgIpc) is 2.89. The molecule has 0 bridgehead atoms. The molecule has 0 fully saturated rings. The second-order valence-corrected chi connectivity index (χ2v) is 4.78. The van der Waals surface area contributed by atoms with Crippen LogP contribution in [0, 0.1) is 6.92 Å². The van der Waals surface area contributed by atoms with Crippen molar-refractivity contribution in [3.8, 4) is 5.82 Å². The first-order valence-corrected chi connectivity index (χ1v) is 6.26. The maximum atomic E-state index is 11.2. The van der Waals surface area contributed by atoms with E-state index >= 15 is 0 Å². The molecule has 0 saturated carbocycles. The number of carbonyl (C=O) groups excluding carboxylic acids is 1. The fraction of sp³-hybridized carbons (Fsp3) is 0.462. The number of imidazole rings is 1. The maximum Gasteiger partial charge on any atom is 0.155 e. The van der Waals surface area contributed by atoms with Gasteiger partial charge in [0.05, 0.1) is 17.0 Å². The Balaban J connectivity index is 2.21. The fourth-order valence-electron chi connectivity index (χ4n) is 2.74. The number of rotatable bonds is 2. The number of nitrogens with zero attached hydrogens (tertiary/aromatic N) is 4. The van der Waals surface area contributed by atoms with Crippen molar-refractivity contribution in [3.63, 3.8) is 0 Å². The van der Waals surface area contributed by atoms with E-state index in [1.165, 1.54) is 18.5 Å². The highest BCUT2D eigenvalue weighted by atomic mass is 16.1. The first kappa shape index (κ1) is 11.2. The van der Waals surface area contributed by atoms with Gasteiger partial charge < -0.3 is 0 Å². The van der Waals surface area contributed by atoms with Crippen molar-refractivity contribution >= 4 is 6.29 Å². The summed E-state index contributed by atoms with van der Waals surface area (Å²) in [7, 11) is 1.87. The smallest absolute Gasteiger partial charge is 0.155 e. The summed E-state index contributed by atoms with van der Waals surface area (Å²) in [4.78, 5) is 15.7. The van der Waals surface area contributed by atoms with Crippen LogP contribution in [0.15, 0.2) is 6.33 Å². The molecule has 2 aromatic heterocycles. The quantitative estimate of drug-likeness (QED) is 0.754. The number of aromatic nitrogens is 4. The molecule has 0 aliphatic heterocycles. The second-order valence-electron chi connectivity index (χ2n) is 4.78. The Morgan fingerprint density at radius 1 is 1.33 bits per heavy atom. The summed E-state index contributed by atoms with van der Waals surface area (Å²) in [6.45, 7) is 1.86. The Hall–Kier alpha value is -1.91. The van der Waals surface area contributed by atoms with Gasteiger partial charge in [0, 0.05) is 12.7 Å². The molecule has 5 nitrogen and oxygen atoms in total. The SMILES string of the molecule is Cc1nn(C)c(-n2cnc3c2CCCC3)c1C=O. The molecule has 1 aliphatic rings. The Labute approximate surface area is 105 Å². The van der Waals surface area contributed by atoms with E-state index in [2.05, 4.69) is 10.1 Å². The van der Waals surface area contributed by atoms with E-state index in [-0.39, 0.29) is 0 Å². The first-order valence-electron chi connectivity index (χ1n) is 6.26. The van der Waals surface area contributed by atoms with Crippen molar-refractivity contribution < 1.29 is 4.79 Å². The molecule has 0 saturated heterocycles. The number of aldehydes is 1. The van der Waals surface area contributed by atoms with Crippen LogP contribution in [0.1, 0.15) is 40.3 Å². The molecular weight excluding hydrogens is 228 g/mol. The summed E-state index contributed by atoms with van der Waals surface area (Å²) in [5, 5.41) is 4.32. The van der Waals surface area contributed by atoms with Crippen molar-refractivity contribution in [2.75, 3.05) is 0 Å². The van der Waals surface area contributed by atoms with E-state index in [1.807, 2.05) is 24.9 Å². The van der Waals surface area contributed by atoms with Gasteiger partial charge in [0.15, 0.2) is 6.29 Å². The third kappa shape index (κ3) is 1.50. The molecule has 1 aliphatic carbocycles. The summed E-state index contributed by atoms with van der Waals surface area (Å²) < 4.78 is 3.79. The van der Waals surface area contributed by atoms with Gasteiger partial charge in [0.2, 0.25) is 0 Å². The molecule has 18 heavy (non-hydrogen) atoms. The van der Waals surface area contributed by atoms with Crippen LogP contribution in [0.4, 0.5) is 0 Å². The van der Waals surface area contributed by atoms with Gasteiger partial charge in [-0.25, -0.2) is 4.98 Å². The molecule has 0 spiro atoms. The standard InChI is InChI=1S/C13H16N4O/c1-9-10(7-18)13(16(2)15-9)17-8-14-11-5-3-4-6-12(11)17/h7-8H,3-6H2,1-2H3. The molecule has 0 N–H and O–H groups in total. The molecule has 3 rings (SSSR count). The van der Waals surface area contributed by atoms with Crippen LogP contribution in [0.3, 0.4) is 0 Å². The zero-order chi connectivity index (χ0) is 12.7. The van der Waals surface area contributed by atoms with Crippen LogP contribution < -0.4 is 0 Å². The van der Waals surface area contributed by atoms with Gasteiger partial charge in [0.25, 0.3) is 0 Å². The van der Waals surface area contributed by atoms with Crippen LogP contribution >= 0.6 is 0 Å². The fourth-order valence-corrected chi connectivity index (χ4v) is 2.74. The minimum Gasteiger partial charge on any atom is -0.298 e. The van der Waals surface area contributed by atoms with E-state index in [4.69, 9.17) is 0 Å². The highest BCUT2D eigenvalue weighted by Crippen LogP contribution is 2.25. The Kier molecular flexibility index (Phi) is 2.54. The Bertz CT molecular complexity index is 609. The molecule has 0 aromatic carbocycles. The number of carbonyl (C=O) groups is 1. The summed E-state index contributed by atoms with van der Waals surface area (Å²) in [6.07, 6.45) is 7.15. The molecule has 5 heteroatoms. The van der Waals surface area contributed by atoms with Gasteiger partial charge in [-0.1, -0.05) is 0 Å². The molecule has 2 heterocycles. The second kappa shape index (κ2) is 4.08. The zero-order valence-corrected chi connectivity index (χ0v) is 10.7. The van der Waals surface area contributed by atoms with Crippen LogP contribution in [0.2, 0.25) is 0 Å². The molecule has 0 amide bonds. The lowest BCUT2D eigenvalue weighted by Crippen LogP contribution is -2.11. The van der Waals surface area contributed by atoms with Gasteiger partial charge in [-0.15, -0.1) is 0 Å². The Morgan fingerprint density at radius 2 is 2.11 bits per heavy atom. The zero-order valence-electron chi connectivity index (χ0n) is 10.7. The molecule has 2 aromatic rings. The van der Waals surface area contributed by atoms with Gasteiger partial charge >= 0.3 is 0 Å². The lowest BCUT2D eigenvalue weighted by molar-refractivity contribution is 0.112. The van der Waals surface area contributed by atoms with Crippen LogP contribution in [0.25, 0.3) is 5.82 Å². The first-order chi connectivity index (χ1) is 8.72. The van der Waals surface area contributed by atoms with Crippen LogP contribution in [-0.4, -0.2) is 25.6 Å². The average molecular weight is 244 g/mol. The number of fused-ring (bicyclic) bond motifs is 1. The number of hydrogen-bond acceptors (Lipinski definition) is 3. The maximum absolute atomic E-state index is 11.2. The minimum atomic E-state index is 0.656. The van der Waals surface area contributed by atoms with Gasteiger partial charge in [0.1, 0.15) is 12.1 Å². The van der Waals surface area contributed by atoms with Crippen molar-refractivity contribution in [1.29, 1.82) is 0 Å². The van der Waals surface area contributed by atoms with Crippen molar-refractivity contribution in [2.24, 2.45) is 7.05 Å². The third-order valence-corrected chi connectivity index (χ3v) is 3.61. The van der Waals surface area contributed by atoms with E-state index in [0.717, 1.165) is 36.3 Å². The van der Waals surface area contributed by atoms with Crippen LogP contribution in [0.5, 0.6) is 0 Å². The van der Waals surface area contributed by atoms with E-state index < -0.39 is 0 Å². The minimum absolute atomic E-state index is 0.656. The molecule has 0 unspecified atom stereocenters. The Morgan fingerprint density at radius 3 is 2.89 bits per heavy atom. The topological polar surface area (TPSA) is 52.7 Å². The predicted octanol–water partition coefficient (Wildman–Crippen LogP) is 1.61. The van der Waals surface area contributed by atoms with E-state index in [1.54, 1.807) is 4.68 Å². The van der Waals surface area contributed by atoms with Crippen molar-refractivity contribution in [1.82, 2.24) is 19.3 Å². The highest BCUT2D eigenvalue weighted by Gasteiger charge is 2.21. The molecule has 0 radical (unpaired) electrons. The summed E-state index contributed by atoms with van der Waals surface area (Å²) in [5.74, 6) is 0.832. The van der Waals surface area contributed by atoms with Crippen molar-refractivity contribution in [3.05, 3.63) is 29.0 Å². The summed E-state index contributed by atoms with van der Waals surface area (Å²) >= 11 is 0. The number of hydrogen-bond donors (Lipinski definition) is 0. The summed E-state index contributed by atoms with van der Waals surface area (Å²) in [6, 6.07) is 0. The van der Waals surface area contributed by atoms with Gasteiger partial charge in [-0.3, -0.25) is 14.0 Å². The monoisotopic (exact) mass is 244 g/mol. The lowest BCUT2D eigenvalue weighted by Gasteiger charge is -2.14. The van der Waals surface area contributed by atoms with Gasteiger partial charge in [-0.2, -0.15) is 5.10 Å².